The van der Waals surface area contributed by atoms with Crippen molar-refractivity contribution in [3.63, 3.8) is 0 Å². The lowest BCUT2D eigenvalue weighted by molar-refractivity contribution is -0.116. The highest BCUT2D eigenvalue weighted by Gasteiger charge is 2.31. The number of carbonyl (C=O) groups is 2. The van der Waals surface area contributed by atoms with Gasteiger partial charge in [0, 0.05) is 11.8 Å². The molecule has 0 spiro atoms. The van der Waals surface area contributed by atoms with Crippen LogP contribution in [-0.4, -0.2) is 47.7 Å². The Morgan fingerprint density at radius 3 is 2.60 bits per heavy atom. The van der Waals surface area contributed by atoms with E-state index in [9.17, 15) is 9.59 Å². The lowest BCUT2D eigenvalue weighted by Crippen LogP contribution is -2.29. The number of benzene rings is 2. The molecule has 2 aromatic carbocycles. The molecule has 0 bridgehead atoms. The van der Waals surface area contributed by atoms with Gasteiger partial charge in [0.25, 0.3) is 0 Å². The van der Waals surface area contributed by atoms with E-state index in [1.54, 1.807) is 30.1 Å². The Bertz CT molecular complexity index is 1370. The van der Waals surface area contributed by atoms with E-state index in [1.807, 2.05) is 36.4 Å². The van der Waals surface area contributed by atoms with Gasteiger partial charge in [-0.05, 0) is 49.1 Å². The second kappa shape index (κ2) is 15.1. The molecule has 0 fully saturated rings. The number of nitrogens with one attached hydrogen (secondary N) is 2. The zero-order chi connectivity index (χ0) is 30.0. The van der Waals surface area contributed by atoms with Crippen LogP contribution in [0, 0.1) is 5.41 Å². The Morgan fingerprint density at radius 2 is 1.86 bits per heavy atom. The van der Waals surface area contributed by atoms with Crippen LogP contribution in [-0.2, 0) is 20.7 Å². The maximum absolute atomic E-state index is 12.6. The molecule has 4 rings (SSSR count). The van der Waals surface area contributed by atoms with E-state index in [-0.39, 0.29) is 29.8 Å². The Labute approximate surface area is 255 Å². The van der Waals surface area contributed by atoms with E-state index in [4.69, 9.17) is 15.2 Å². The number of thiazole rings is 1. The molecule has 4 N–H and O–H groups in total. The molecule has 11 heteroatoms. The summed E-state index contributed by atoms with van der Waals surface area (Å²) in [5.41, 5.74) is 8.02. The Kier molecular flexibility index (Phi) is 11.2. The van der Waals surface area contributed by atoms with Crippen LogP contribution in [0.2, 0.25) is 0 Å². The highest BCUT2D eigenvalue weighted by atomic mass is 32.2. The maximum atomic E-state index is 12.6. The highest BCUT2D eigenvalue weighted by Crippen LogP contribution is 2.31. The van der Waals surface area contributed by atoms with Crippen LogP contribution in [0.4, 0.5) is 16.5 Å². The SMILES string of the molecule is CC(C)(C)C1CN=C(CSc2cnc(NC(=O)Cc3ccc(OCCCCCC(=O)Nc4ccccc4N)cc3)s2)O1. The molecular formula is C31H39N5O4S2. The predicted molar refractivity (Wildman–Crippen MR) is 172 cm³/mol. The second-order valence-corrected chi connectivity index (χ2v) is 13.4. The minimum atomic E-state index is -0.120. The van der Waals surface area contributed by atoms with Crippen molar-refractivity contribution in [2.45, 2.75) is 63.2 Å². The summed E-state index contributed by atoms with van der Waals surface area (Å²) in [6.45, 7) is 7.73. The van der Waals surface area contributed by atoms with Crippen LogP contribution in [0.1, 0.15) is 52.0 Å². The Hall–Kier alpha value is -3.57. The first kappa shape index (κ1) is 31.4. The molecule has 9 nitrogen and oxygen atoms in total. The van der Waals surface area contributed by atoms with E-state index < -0.39 is 0 Å². The summed E-state index contributed by atoms with van der Waals surface area (Å²) in [7, 11) is 0. The van der Waals surface area contributed by atoms with Crippen molar-refractivity contribution in [3.8, 4) is 5.75 Å². The van der Waals surface area contributed by atoms with Gasteiger partial charge in [-0.15, -0.1) is 11.8 Å². The molecule has 1 aliphatic rings. The topological polar surface area (TPSA) is 128 Å². The van der Waals surface area contributed by atoms with Crippen molar-refractivity contribution in [2.24, 2.45) is 10.4 Å². The van der Waals surface area contributed by atoms with Crippen LogP contribution >= 0.6 is 23.1 Å². The van der Waals surface area contributed by atoms with Crippen LogP contribution in [0.5, 0.6) is 5.75 Å². The summed E-state index contributed by atoms with van der Waals surface area (Å²) in [4.78, 5) is 33.5. The molecule has 2 amide bonds. The van der Waals surface area contributed by atoms with Gasteiger partial charge >= 0.3 is 0 Å². The number of rotatable bonds is 14. The normalized spacial score (nSPS) is 14.6. The van der Waals surface area contributed by atoms with Crippen LogP contribution in [0.25, 0.3) is 0 Å². The minimum Gasteiger partial charge on any atom is -0.494 e. The van der Waals surface area contributed by atoms with E-state index in [1.165, 1.54) is 11.3 Å². The number of unbranched alkanes of at least 4 members (excludes halogenated alkanes) is 2. The second-order valence-electron chi connectivity index (χ2n) is 11.1. The van der Waals surface area contributed by atoms with Gasteiger partial charge in [-0.1, -0.05) is 56.4 Å². The van der Waals surface area contributed by atoms with E-state index in [0.29, 0.717) is 41.8 Å². The summed E-state index contributed by atoms with van der Waals surface area (Å²) < 4.78 is 12.8. The lowest BCUT2D eigenvalue weighted by Gasteiger charge is -2.25. The maximum Gasteiger partial charge on any atom is 0.230 e. The number of anilines is 3. The van der Waals surface area contributed by atoms with Crippen LogP contribution in [0.15, 0.2) is 63.9 Å². The average Bonchev–Trinajstić information content (AvgIpc) is 3.61. The molecule has 0 radical (unpaired) electrons. The summed E-state index contributed by atoms with van der Waals surface area (Å²) in [6.07, 6.45) is 5.07. The number of nitrogen functional groups attached to an aromatic ring is 1. The lowest BCUT2D eigenvalue weighted by atomic mass is 9.89. The third-order valence-electron chi connectivity index (χ3n) is 6.59. The summed E-state index contributed by atoms with van der Waals surface area (Å²) in [6, 6.07) is 14.8. The number of ether oxygens (including phenoxy) is 2. The molecule has 1 aromatic heterocycles. The zero-order valence-electron chi connectivity index (χ0n) is 24.4. The molecule has 0 aliphatic carbocycles. The van der Waals surface area contributed by atoms with Crippen molar-refractivity contribution in [2.75, 3.05) is 35.3 Å². The molecule has 224 valence electrons. The van der Waals surface area contributed by atoms with E-state index >= 15 is 0 Å². The van der Waals surface area contributed by atoms with Crippen molar-refractivity contribution >= 4 is 57.3 Å². The number of hydrogen-bond donors (Lipinski definition) is 3. The van der Waals surface area contributed by atoms with Gasteiger partial charge in [-0.25, -0.2) is 4.98 Å². The molecule has 1 atom stereocenters. The number of nitrogens with two attached hydrogens (primary N) is 1. The first-order valence-corrected chi connectivity index (χ1v) is 15.9. The van der Waals surface area contributed by atoms with Crippen molar-refractivity contribution in [1.29, 1.82) is 0 Å². The van der Waals surface area contributed by atoms with Crippen LogP contribution in [0.3, 0.4) is 0 Å². The number of para-hydroxylation sites is 2. The summed E-state index contributed by atoms with van der Waals surface area (Å²) >= 11 is 3.05. The zero-order valence-corrected chi connectivity index (χ0v) is 26.0. The van der Waals surface area contributed by atoms with Gasteiger partial charge in [-0.3, -0.25) is 14.6 Å². The first-order chi connectivity index (χ1) is 20.2. The fourth-order valence-electron chi connectivity index (χ4n) is 4.10. The van der Waals surface area contributed by atoms with Gasteiger partial charge in [0.15, 0.2) is 11.0 Å². The quantitative estimate of drug-likeness (QED) is 0.109. The number of amides is 2. The van der Waals surface area contributed by atoms with Crippen molar-refractivity contribution < 1.29 is 19.1 Å². The molecule has 2 heterocycles. The fraction of sp³-hybridized carbons (Fsp3) is 0.419. The number of aromatic nitrogens is 1. The number of nitrogens with zero attached hydrogens (tertiary/aromatic N) is 2. The third kappa shape index (κ3) is 10.1. The van der Waals surface area contributed by atoms with Crippen molar-refractivity contribution in [1.82, 2.24) is 4.98 Å². The van der Waals surface area contributed by atoms with Crippen LogP contribution < -0.4 is 21.1 Å². The molecule has 0 saturated carbocycles. The van der Waals surface area contributed by atoms with Gasteiger partial charge in [0.1, 0.15) is 11.9 Å². The monoisotopic (exact) mass is 609 g/mol. The minimum absolute atomic E-state index is 0.0400. The molecular weight excluding hydrogens is 571 g/mol. The standard InChI is InChI=1S/C31H39N5O4S2/c1-31(2,3)25-18-33-28(40-25)20-41-29-19-34-30(42-29)36-27(38)17-21-12-14-22(15-13-21)39-16-8-4-5-11-26(37)35-24-10-7-6-9-23(24)32/h6-7,9-10,12-15,19,25H,4-5,8,11,16-18,20,32H2,1-3H3,(H,35,37)(H,34,36,38). The molecule has 3 aromatic rings. The van der Waals surface area contributed by atoms with E-state index in [0.717, 1.165) is 40.7 Å². The number of carbonyl (C=O) groups excluding carboxylic acids is 2. The summed E-state index contributed by atoms with van der Waals surface area (Å²) in [5, 5.41) is 6.30. The van der Waals surface area contributed by atoms with Gasteiger partial charge in [0.05, 0.1) is 47.1 Å². The molecule has 1 aliphatic heterocycles. The smallest absolute Gasteiger partial charge is 0.230 e. The molecule has 1 unspecified atom stereocenters. The van der Waals surface area contributed by atoms with Gasteiger partial charge in [-0.2, -0.15) is 0 Å². The largest absolute Gasteiger partial charge is 0.494 e. The third-order valence-corrected chi connectivity index (χ3v) is 8.68. The van der Waals surface area contributed by atoms with Gasteiger partial charge in [0.2, 0.25) is 11.8 Å². The molecule has 0 saturated heterocycles. The fourth-order valence-corrected chi connectivity index (χ4v) is 5.87. The Balaban J connectivity index is 1.08. The molecule has 42 heavy (non-hydrogen) atoms. The number of hydrogen-bond acceptors (Lipinski definition) is 9. The average molecular weight is 610 g/mol. The Morgan fingerprint density at radius 1 is 1.07 bits per heavy atom. The predicted octanol–water partition coefficient (Wildman–Crippen LogP) is 6.42. The summed E-state index contributed by atoms with van der Waals surface area (Å²) in [5.74, 6) is 2.01. The van der Waals surface area contributed by atoms with E-state index in [2.05, 4.69) is 41.4 Å². The first-order valence-electron chi connectivity index (χ1n) is 14.1. The number of thioether (sulfide) groups is 1. The highest BCUT2D eigenvalue weighted by molar-refractivity contribution is 8.01. The number of aliphatic imine (C=N–C) groups is 1. The van der Waals surface area contributed by atoms with Crippen molar-refractivity contribution in [3.05, 3.63) is 60.3 Å². The van der Waals surface area contributed by atoms with Gasteiger partial charge < -0.3 is 25.8 Å².